The number of nitrogens with one attached hydrogen (secondary N) is 1. The number of rotatable bonds is 3. The molecule has 1 aromatic carbocycles. The van der Waals surface area contributed by atoms with Crippen molar-refractivity contribution < 1.29 is 9.53 Å². The lowest BCUT2D eigenvalue weighted by Gasteiger charge is -2.12. The molecule has 17 heavy (non-hydrogen) atoms. The molecule has 2 rings (SSSR count). The topological polar surface area (TPSA) is 38.3 Å². The number of thioether (sulfide) groups is 1. The van der Waals surface area contributed by atoms with E-state index in [2.05, 4.69) is 36.5 Å². The molecule has 1 aromatic rings. The molecule has 1 saturated heterocycles. The Morgan fingerprint density at radius 3 is 2.82 bits per heavy atom. The van der Waals surface area contributed by atoms with Gasteiger partial charge < -0.3 is 4.74 Å². The van der Waals surface area contributed by atoms with Gasteiger partial charge in [-0.3, -0.25) is 10.1 Å². The summed E-state index contributed by atoms with van der Waals surface area (Å²) < 4.78 is 5.01. The summed E-state index contributed by atoms with van der Waals surface area (Å²) in [4.78, 5) is 11.6. The lowest BCUT2D eigenvalue weighted by atomic mass is 10.1. The van der Waals surface area contributed by atoms with Crippen molar-refractivity contribution in [1.82, 2.24) is 5.32 Å². The Bertz CT molecular complexity index is 391. The summed E-state index contributed by atoms with van der Waals surface area (Å²) in [6.07, 6.45) is 0. The van der Waals surface area contributed by atoms with Gasteiger partial charge in [-0.05, 0) is 19.4 Å². The van der Waals surface area contributed by atoms with Crippen molar-refractivity contribution in [3.8, 4) is 0 Å². The molecule has 1 aliphatic rings. The smallest absolute Gasteiger partial charge is 0.324 e. The first-order valence-electron chi connectivity index (χ1n) is 5.81. The van der Waals surface area contributed by atoms with Gasteiger partial charge in [0.25, 0.3) is 0 Å². The molecule has 1 aliphatic heterocycles. The van der Waals surface area contributed by atoms with E-state index in [4.69, 9.17) is 4.74 Å². The molecule has 4 heteroatoms. The summed E-state index contributed by atoms with van der Waals surface area (Å²) in [6.45, 7) is 4.34. The molecule has 0 aliphatic carbocycles. The average molecular weight is 251 g/mol. The number of carbonyl (C=O) groups excluding carboxylic acids is 1. The van der Waals surface area contributed by atoms with Crippen molar-refractivity contribution in [2.24, 2.45) is 0 Å². The Morgan fingerprint density at radius 1 is 1.47 bits per heavy atom. The highest BCUT2D eigenvalue weighted by Gasteiger charge is 2.31. The first-order valence-corrected chi connectivity index (χ1v) is 6.86. The minimum atomic E-state index is -0.175. The summed E-state index contributed by atoms with van der Waals surface area (Å²) >= 11 is 1.75. The number of ether oxygens (including phenoxy) is 1. The first-order chi connectivity index (χ1) is 8.20. The van der Waals surface area contributed by atoms with E-state index < -0.39 is 0 Å². The van der Waals surface area contributed by atoms with Crippen LogP contribution in [0.15, 0.2) is 24.3 Å². The number of esters is 1. The number of benzene rings is 1. The van der Waals surface area contributed by atoms with E-state index in [0.29, 0.717) is 6.61 Å². The zero-order valence-corrected chi connectivity index (χ0v) is 10.9. The molecule has 92 valence electrons. The molecule has 0 aromatic heterocycles. The second kappa shape index (κ2) is 5.56. The maximum Gasteiger partial charge on any atom is 0.324 e. The monoisotopic (exact) mass is 251 g/mol. The second-order valence-electron chi connectivity index (χ2n) is 4.10. The van der Waals surface area contributed by atoms with Gasteiger partial charge in [-0.1, -0.05) is 29.8 Å². The van der Waals surface area contributed by atoms with E-state index in [1.807, 2.05) is 6.92 Å². The Kier molecular flexibility index (Phi) is 4.07. The van der Waals surface area contributed by atoms with E-state index in [9.17, 15) is 4.79 Å². The number of carbonyl (C=O) groups is 1. The van der Waals surface area contributed by atoms with Crippen LogP contribution >= 0.6 is 11.8 Å². The molecule has 1 fully saturated rings. The van der Waals surface area contributed by atoms with Crippen LogP contribution < -0.4 is 5.32 Å². The third kappa shape index (κ3) is 3.01. The van der Waals surface area contributed by atoms with E-state index >= 15 is 0 Å². The molecule has 0 radical (unpaired) electrons. The lowest BCUT2D eigenvalue weighted by Crippen LogP contribution is -2.35. The van der Waals surface area contributed by atoms with Crippen LogP contribution in [0.2, 0.25) is 0 Å². The van der Waals surface area contributed by atoms with Crippen molar-refractivity contribution in [1.29, 1.82) is 0 Å². The van der Waals surface area contributed by atoms with Crippen molar-refractivity contribution in [3.05, 3.63) is 35.4 Å². The van der Waals surface area contributed by atoms with Crippen LogP contribution in [0.25, 0.3) is 0 Å². The first kappa shape index (κ1) is 12.5. The zero-order chi connectivity index (χ0) is 12.3. The lowest BCUT2D eigenvalue weighted by molar-refractivity contribution is -0.144. The minimum absolute atomic E-state index is 0.144. The Hall–Kier alpha value is -1.00. The van der Waals surface area contributed by atoms with Gasteiger partial charge in [0.1, 0.15) is 6.04 Å². The Labute approximate surface area is 106 Å². The van der Waals surface area contributed by atoms with Crippen LogP contribution in [0, 0.1) is 6.92 Å². The number of hydrogen-bond donors (Lipinski definition) is 1. The van der Waals surface area contributed by atoms with Crippen LogP contribution in [0.3, 0.4) is 0 Å². The molecule has 1 heterocycles. The van der Waals surface area contributed by atoms with Crippen LogP contribution in [-0.2, 0) is 9.53 Å². The van der Waals surface area contributed by atoms with Gasteiger partial charge in [0.05, 0.1) is 12.0 Å². The summed E-state index contributed by atoms with van der Waals surface area (Å²) in [6, 6.07) is 8.22. The molecule has 0 amide bonds. The van der Waals surface area contributed by atoms with E-state index in [0.717, 1.165) is 5.75 Å². The summed E-state index contributed by atoms with van der Waals surface area (Å²) in [5.41, 5.74) is 2.46. The third-order valence-electron chi connectivity index (χ3n) is 2.73. The molecule has 2 atom stereocenters. The predicted molar refractivity (Wildman–Crippen MR) is 69.9 cm³/mol. The molecule has 0 spiro atoms. The highest BCUT2D eigenvalue weighted by atomic mass is 32.2. The zero-order valence-electron chi connectivity index (χ0n) is 10.1. The molecule has 0 saturated carbocycles. The molecular formula is C13H17NO2S. The summed E-state index contributed by atoms with van der Waals surface area (Å²) in [5.74, 6) is 0.631. The maximum atomic E-state index is 11.6. The SMILES string of the molecule is CCOC(=O)C1CSC(c2ccc(C)cc2)N1. The molecular weight excluding hydrogens is 234 g/mol. The van der Waals surface area contributed by atoms with E-state index in [1.54, 1.807) is 11.8 Å². The van der Waals surface area contributed by atoms with Crippen molar-refractivity contribution >= 4 is 17.7 Å². The standard InChI is InChI=1S/C13H17NO2S/c1-3-16-13(15)11-8-17-12(14-11)10-6-4-9(2)5-7-10/h4-7,11-12,14H,3,8H2,1-2H3. The van der Waals surface area contributed by atoms with Crippen LogP contribution in [0.1, 0.15) is 23.4 Å². The second-order valence-corrected chi connectivity index (χ2v) is 5.23. The fraction of sp³-hybridized carbons (Fsp3) is 0.462. The number of aryl methyl sites for hydroxylation is 1. The van der Waals surface area contributed by atoms with Crippen molar-refractivity contribution in [2.45, 2.75) is 25.3 Å². The highest BCUT2D eigenvalue weighted by molar-refractivity contribution is 7.99. The summed E-state index contributed by atoms with van der Waals surface area (Å²) in [7, 11) is 0. The van der Waals surface area contributed by atoms with Crippen LogP contribution in [0.5, 0.6) is 0 Å². The molecule has 1 N–H and O–H groups in total. The van der Waals surface area contributed by atoms with Crippen molar-refractivity contribution in [3.63, 3.8) is 0 Å². The van der Waals surface area contributed by atoms with Gasteiger partial charge in [-0.25, -0.2) is 0 Å². The highest BCUT2D eigenvalue weighted by Crippen LogP contribution is 2.33. The van der Waals surface area contributed by atoms with Crippen LogP contribution in [0.4, 0.5) is 0 Å². The Morgan fingerprint density at radius 2 is 2.18 bits per heavy atom. The fourth-order valence-corrected chi connectivity index (χ4v) is 3.01. The number of hydrogen-bond acceptors (Lipinski definition) is 4. The van der Waals surface area contributed by atoms with Gasteiger partial charge >= 0.3 is 5.97 Å². The van der Waals surface area contributed by atoms with Gasteiger partial charge in [0.2, 0.25) is 0 Å². The van der Waals surface area contributed by atoms with Gasteiger partial charge in [0.15, 0.2) is 0 Å². The fourth-order valence-electron chi connectivity index (χ4n) is 1.78. The van der Waals surface area contributed by atoms with E-state index in [-0.39, 0.29) is 17.4 Å². The Balaban J connectivity index is 1.98. The quantitative estimate of drug-likeness (QED) is 0.836. The largest absolute Gasteiger partial charge is 0.465 e. The summed E-state index contributed by atoms with van der Waals surface area (Å²) in [5, 5.41) is 3.50. The average Bonchev–Trinajstić information content (AvgIpc) is 2.80. The predicted octanol–water partition coefficient (Wildman–Crippen LogP) is 2.26. The third-order valence-corrected chi connectivity index (χ3v) is 4.00. The van der Waals surface area contributed by atoms with Crippen molar-refractivity contribution in [2.75, 3.05) is 12.4 Å². The minimum Gasteiger partial charge on any atom is -0.465 e. The van der Waals surface area contributed by atoms with Gasteiger partial charge in [-0.2, -0.15) is 0 Å². The molecule has 2 unspecified atom stereocenters. The van der Waals surface area contributed by atoms with Gasteiger partial charge in [0, 0.05) is 5.75 Å². The van der Waals surface area contributed by atoms with E-state index in [1.165, 1.54) is 11.1 Å². The normalized spacial score (nSPS) is 23.6. The molecule has 0 bridgehead atoms. The maximum absolute atomic E-state index is 11.6. The van der Waals surface area contributed by atoms with Crippen LogP contribution in [-0.4, -0.2) is 24.4 Å². The molecule has 3 nitrogen and oxygen atoms in total. The van der Waals surface area contributed by atoms with Gasteiger partial charge in [-0.15, -0.1) is 11.8 Å².